The van der Waals surface area contributed by atoms with E-state index in [9.17, 15) is 0 Å². The fraction of sp³-hybridized carbons (Fsp3) is 0.100. The molecule has 0 atom stereocenters. The van der Waals surface area contributed by atoms with Gasteiger partial charge in [0.05, 0.1) is 5.69 Å². The maximum atomic E-state index is 6.00. The van der Waals surface area contributed by atoms with Crippen molar-refractivity contribution in [3.63, 3.8) is 0 Å². The predicted molar refractivity (Wildman–Crippen MR) is 113 cm³/mol. The third-order valence-electron chi connectivity index (χ3n) is 4.57. The summed E-state index contributed by atoms with van der Waals surface area (Å²) in [6.45, 7) is 1.81. The average molecular weight is 398 g/mol. The van der Waals surface area contributed by atoms with Gasteiger partial charge in [-0.15, -0.1) is 0 Å². The fourth-order valence-electron chi connectivity index (χ4n) is 3.31. The molecule has 0 saturated heterocycles. The summed E-state index contributed by atoms with van der Waals surface area (Å²) < 4.78 is 3.69. The van der Waals surface area contributed by atoms with E-state index in [2.05, 4.69) is 30.4 Å². The van der Waals surface area contributed by atoms with Gasteiger partial charge in [0.15, 0.2) is 11.6 Å². The van der Waals surface area contributed by atoms with Crippen molar-refractivity contribution in [1.29, 1.82) is 0 Å². The molecule has 10 heteroatoms. The van der Waals surface area contributed by atoms with Crippen LogP contribution in [0.4, 0.5) is 17.5 Å². The number of rotatable bonds is 4. The zero-order valence-corrected chi connectivity index (χ0v) is 16.4. The van der Waals surface area contributed by atoms with Crippen LogP contribution in [-0.2, 0) is 7.05 Å². The summed E-state index contributed by atoms with van der Waals surface area (Å²) in [4.78, 5) is 21.8. The van der Waals surface area contributed by atoms with Crippen LogP contribution in [0, 0.1) is 6.92 Å². The SMILES string of the molecule is Cc1nc(N)cc(-c2c(Nc3ccn(C)n3)nc3ccc(-c4cncnc4)cn23)n1. The molecule has 0 saturated carbocycles. The van der Waals surface area contributed by atoms with Gasteiger partial charge in [-0.25, -0.2) is 24.9 Å². The molecule has 5 heterocycles. The Bertz CT molecular complexity index is 1330. The molecule has 5 rings (SSSR count). The number of nitrogen functional groups attached to an aromatic ring is 1. The van der Waals surface area contributed by atoms with Gasteiger partial charge in [0, 0.05) is 55.1 Å². The molecule has 3 N–H and O–H groups in total. The van der Waals surface area contributed by atoms with Gasteiger partial charge in [0.25, 0.3) is 0 Å². The van der Waals surface area contributed by atoms with Crippen molar-refractivity contribution in [2.75, 3.05) is 11.1 Å². The molecule has 0 aliphatic carbocycles. The third-order valence-corrected chi connectivity index (χ3v) is 4.57. The normalized spacial score (nSPS) is 11.1. The third kappa shape index (κ3) is 3.20. The molecule has 148 valence electrons. The number of hydrogen-bond acceptors (Lipinski definition) is 8. The summed E-state index contributed by atoms with van der Waals surface area (Å²) in [7, 11) is 1.86. The molecule has 5 aromatic rings. The van der Waals surface area contributed by atoms with Gasteiger partial charge in [-0.05, 0) is 19.1 Å². The number of aromatic nitrogens is 8. The second kappa shape index (κ2) is 6.92. The van der Waals surface area contributed by atoms with Crippen LogP contribution >= 0.6 is 0 Å². The van der Waals surface area contributed by atoms with Crippen LogP contribution in [0.3, 0.4) is 0 Å². The summed E-state index contributed by atoms with van der Waals surface area (Å²) in [5.41, 5.74) is 10.0. The van der Waals surface area contributed by atoms with Gasteiger partial charge >= 0.3 is 0 Å². The van der Waals surface area contributed by atoms with E-state index in [-0.39, 0.29) is 0 Å². The molecule has 0 bridgehead atoms. The molecule has 0 amide bonds. The quantitative estimate of drug-likeness (QED) is 0.473. The molecule has 30 heavy (non-hydrogen) atoms. The molecule has 5 aromatic heterocycles. The van der Waals surface area contributed by atoms with Gasteiger partial charge in [0.1, 0.15) is 29.3 Å². The number of nitrogens with zero attached hydrogens (tertiary/aromatic N) is 8. The lowest BCUT2D eigenvalue weighted by Gasteiger charge is -2.08. The van der Waals surface area contributed by atoms with Crippen molar-refractivity contribution in [3.05, 3.63) is 61.2 Å². The Morgan fingerprint density at radius 2 is 1.83 bits per heavy atom. The highest BCUT2D eigenvalue weighted by Gasteiger charge is 2.18. The Kier molecular flexibility index (Phi) is 4.09. The number of aryl methyl sites for hydroxylation is 2. The number of nitrogens with two attached hydrogens (primary N) is 1. The number of imidazole rings is 1. The first-order chi connectivity index (χ1) is 14.6. The van der Waals surface area contributed by atoms with Crippen molar-refractivity contribution in [1.82, 2.24) is 39.1 Å². The van der Waals surface area contributed by atoms with Gasteiger partial charge < -0.3 is 11.1 Å². The molecule has 0 radical (unpaired) electrons. The van der Waals surface area contributed by atoms with E-state index in [0.29, 0.717) is 29.0 Å². The first kappa shape index (κ1) is 17.7. The zero-order valence-electron chi connectivity index (χ0n) is 16.4. The van der Waals surface area contributed by atoms with Crippen LogP contribution in [-0.4, -0.2) is 39.1 Å². The number of fused-ring (bicyclic) bond motifs is 1. The Morgan fingerprint density at radius 3 is 2.57 bits per heavy atom. The standard InChI is InChI=1S/C20H18N10/c1-12-24-15(7-16(21)25-12)19-20(26-17-5-6-29(2)28-17)27-18-4-3-13(10-30(18)19)14-8-22-11-23-9-14/h3-11H,1-2H3,(H,26,28)(H2,21,24,25). The highest BCUT2D eigenvalue weighted by molar-refractivity contribution is 5.79. The van der Waals surface area contributed by atoms with Gasteiger partial charge in [-0.2, -0.15) is 5.10 Å². The van der Waals surface area contributed by atoms with E-state index in [4.69, 9.17) is 10.7 Å². The lowest BCUT2D eigenvalue weighted by Crippen LogP contribution is -2.01. The van der Waals surface area contributed by atoms with E-state index in [1.807, 2.05) is 49.0 Å². The first-order valence-corrected chi connectivity index (χ1v) is 9.22. The molecular weight excluding hydrogens is 380 g/mol. The van der Waals surface area contributed by atoms with Crippen LogP contribution in [0.1, 0.15) is 5.82 Å². The lowest BCUT2D eigenvalue weighted by atomic mass is 10.1. The van der Waals surface area contributed by atoms with Gasteiger partial charge in [-0.3, -0.25) is 9.08 Å². The van der Waals surface area contributed by atoms with E-state index in [1.54, 1.807) is 23.1 Å². The Morgan fingerprint density at radius 1 is 1.00 bits per heavy atom. The second-order valence-electron chi connectivity index (χ2n) is 6.81. The van der Waals surface area contributed by atoms with Crippen molar-refractivity contribution < 1.29 is 0 Å². The van der Waals surface area contributed by atoms with Crippen LogP contribution in [0.2, 0.25) is 0 Å². The summed E-state index contributed by atoms with van der Waals surface area (Å²) in [5, 5.41) is 7.68. The topological polar surface area (TPSA) is 125 Å². The maximum absolute atomic E-state index is 6.00. The van der Waals surface area contributed by atoms with Crippen LogP contribution in [0.15, 0.2) is 55.4 Å². The molecule has 0 aliphatic heterocycles. The van der Waals surface area contributed by atoms with E-state index >= 15 is 0 Å². The van der Waals surface area contributed by atoms with E-state index in [1.165, 1.54) is 6.33 Å². The van der Waals surface area contributed by atoms with Crippen molar-refractivity contribution in [2.45, 2.75) is 6.92 Å². The van der Waals surface area contributed by atoms with E-state index in [0.717, 1.165) is 22.5 Å². The maximum Gasteiger partial charge on any atom is 0.160 e. The Balaban J connectivity index is 1.73. The van der Waals surface area contributed by atoms with Crippen LogP contribution < -0.4 is 11.1 Å². The fourth-order valence-corrected chi connectivity index (χ4v) is 3.31. The monoisotopic (exact) mass is 398 g/mol. The lowest BCUT2D eigenvalue weighted by molar-refractivity contribution is 0.771. The summed E-state index contributed by atoms with van der Waals surface area (Å²) in [5.74, 6) is 2.27. The number of anilines is 3. The van der Waals surface area contributed by atoms with Crippen LogP contribution in [0.5, 0.6) is 0 Å². The molecule has 0 unspecified atom stereocenters. The van der Waals surface area contributed by atoms with E-state index < -0.39 is 0 Å². The number of hydrogen-bond donors (Lipinski definition) is 2. The van der Waals surface area contributed by atoms with Crippen molar-refractivity contribution >= 4 is 23.1 Å². The molecule has 10 nitrogen and oxygen atoms in total. The highest BCUT2D eigenvalue weighted by atomic mass is 15.3. The molecule has 0 spiro atoms. The van der Waals surface area contributed by atoms with Crippen molar-refractivity contribution in [3.8, 4) is 22.5 Å². The first-order valence-electron chi connectivity index (χ1n) is 9.22. The number of nitrogens with one attached hydrogen (secondary N) is 1. The minimum atomic E-state index is 0.392. The smallest absolute Gasteiger partial charge is 0.160 e. The predicted octanol–water partition coefficient (Wildman–Crippen LogP) is 2.62. The summed E-state index contributed by atoms with van der Waals surface area (Å²) in [6.07, 6.45) is 8.88. The Hall–Kier alpha value is -4.34. The average Bonchev–Trinajstić information content (AvgIpc) is 3.30. The minimum Gasteiger partial charge on any atom is -0.384 e. The zero-order chi connectivity index (χ0) is 20.7. The van der Waals surface area contributed by atoms with Crippen LogP contribution in [0.25, 0.3) is 28.2 Å². The molecule has 0 fully saturated rings. The number of pyridine rings is 1. The largest absolute Gasteiger partial charge is 0.384 e. The molecule has 0 aliphatic rings. The molecule has 0 aromatic carbocycles. The van der Waals surface area contributed by atoms with Crippen molar-refractivity contribution in [2.24, 2.45) is 7.05 Å². The molecular formula is C20H18N10. The summed E-state index contributed by atoms with van der Waals surface area (Å²) in [6, 6.07) is 7.53. The Labute approximate surface area is 171 Å². The van der Waals surface area contributed by atoms with Gasteiger partial charge in [-0.1, -0.05) is 0 Å². The second-order valence-corrected chi connectivity index (χ2v) is 6.81. The van der Waals surface area contributed by atoms with Gasteiger partial charge in [0.2, 0.25) is 0 Å². The highest BCUT2D eigenvalue weighted by Crippen LogP contribution is 2.32. The summed E-state index contributed by atoms with van der Waals surface area (Å²) >= 11 is 0. The minimum absolute atomic E-state index is 0.392.